The highest BCUT2D eigenvalue weighted by Crippen LogP contribution is 2.28. The normalized spacial score (nSPS) is 12.4. The SMILES string of the molecule is C=C(/C(=N/N(C)C)c1ccc(Br)cc1)C(F)(F)F. The van der Waals surface area contributed by atoms with Crippen molar-refractivity contribution in [1.29, 1.82) is 0 Å². The highest BCUT2D eigenvalue weighted by Gasteiger charge is 2.36. The zero-order chi connectivity index (χ0) is 13.9. The second-order valence-corrected chi connectivity index (χ2v) is 4.69. The highest BCUT2D eigenvalue weighted by atomic mass is 79.9. The van der Waals surface area contributed by atoms with Gasteiger partial charge in [-0.1, -0.05) is 34.6 Å². The molecule has 0 fully saturated rings. The smallest absolute Gasteiger partial charge is 0.303 e. The Kier molecular flexibility index (Phi) is 4.56. The standard InChI is InChI=1S/C12H12BrF3N2/c1-8(12(14,15)16)11(17-18(2)3)9-4-6-10(13)7-5-9/h4-7H,1H2,2-3H3/b17-11-. The molecular formula is C12H12BrF3N2. The monoisotopic (exact) mass is 320 g/mol. The lowest BCUT2D eigenvalue weighted by molar-refractivity contribution is -0.0857. The molecule has 1 aromatic carbocycles. The van der Waals surface area contributed by atoms with E-state index in [1.165, 1.54) is 5.01 Å². The molecule has 0 N–H and O–H groups in total. The van der Waals surface area contributed by atoms with Crippen LogP contribution in [0.2, 0.25) is 0 Å². The Morgan fingerprint density at radius 3 is 2.11 bits per heavy atom. The first-order chi connectivity index (χ1) is 8.21. The lowest BCUT2D eigenvalue weighted by Gasteiger charge is -2.15. The Hall–Kier alpha value is -1.30. The number of hydrazone groups is 1. The highest BCUT2D eigenvalue weighted by molar-refractivity contribution is 9.10. The minimum atomic E-state index is -4.50. The van der Waals surface area contributed by atoms with Crippen LogP contribution >= 0.6 is 15.9 Å². The van der Waals surface area contributed by atoms with Crippen molar-refractivity contribution in [2.75, 3.05) is 14.1 Å². The molecule has 0 amide bonds. The van der Waals surface area contributed by atoms with Gasteiger partial charge >= 0.3 is 6.18 Å². The fraction of sp³-hybridized carbons (Fsp3) is 0.250. The minimum Gasteiger partial charge on any atom is -0.303 e. The Bertz CT molecular complexity index is 461. The van der Waals surface area contributed by atoms with Crippen LogP contribution in [0.5, 0.6) is 0 Å². The molecule has 0 spiro atoms. The average molecular weight is 321 g/mol. The van der Waals surface area contributed by atoms with Gasteiger partial charge in [0.05, 0.1) is 5.57 Å². The maximum Gasteiger partial charge on any atom is 0.417 e. The summed E-state index contributed by atoms with van der Waals surface area (Å²) in [7, 11) is 3.12. The predicted molar refractivity (Wildman–Crippen MR) is 69.6 cm³/mol. The van der Waals surface area contributed by atoms with E-state index >= 15 is 0 Å². The van der Waals surface area contributed by atoms with Gasteiger partial charge in [0.2, 0.25) is 0 Å². The van der Waals surface area contributed by atoms with Gasteiger partial charge in [-0.2, -0.15) is 18.3 Å². The van der Waals surface area contributed by atoms with Crippen LogP contribution in [0.25, 0.3) is 0 Å². The van der Waals surface area contributed by atoms with Gasteiger partial charge in [-0.15, -0.1) is 0 Å². The molecule has 0 unspecified atom stereocenters. The topological polar surface area (TPSA) is 15.6 Å². The molecule has 0 saturated carbocycles. The number of nitrogens with zero attached hydrogens (tertiary/aromatic N) is 2. The average Bonchev–Trinajstić information content (AvgIpc) is 2.25. The number of halogens is 4. The Labute approximate surface area is 112 Å². The van der Waals surface area contributed by atoms with Crippen LogP contribution in [-0.2, 0) is 0 Å². The summed E-state index contributed by atoms with van der Waals surface area (Å²) < 4.78 is 38.9. The van der Waals surface area contributed by atoms with E-state index in [0.29, 0.717) is 5.56 Å². The second-order valence-electron chi connectivity index (χ2n) is 3.78. The van der Waals surface area contributed by atoms with E-state index in [9.17, 15) is 13.2 Å². The third-order valence-corrected chi connectivity index (χ3v) is 2.57. The predicted octanol–water partition coefficient (Wildman–Crippen LogP) is 3.83. The number of hydrogen-bond acceptors (Lipinski definition) is 2. The molecule has 2 nitrogen and oxygen atoms in total. The summed E-state index contributed by atoms with van der Waals surface area (Å²) in [5.74, 6) is 0. The molecule has 0 aliphatic rings. The molecule has 6 heteroatoms. The fourth-order valence-corrected chi connectivity index (χ4v) is 1.50. The van der Waals surface area contributed by atoms with E-state index in [0.717, 1.165) is 4.47 Å². The van der Waals surface area contributed by atoms with Gasteiger partial charge in [-0.3, -0.25) is 0 Å². The number of hydrogen-bond donors (Lipinski definition) is 0. The summed E-state index contributed by atoms with van der Waals surface area (Å²) in [6.07, 6.45) is -4.50. The maximum atomic E-state index is 12.7. The van der Waals surface area contributed by atoms with Gasteiger partial charge in [0.15, 0.2) is 0 Å². The first kappa shape index (κ1) is 14.8. The van der Waals surface area contributed by atoms with Gasteiger partial charge in [-0.25, -0.2) is 0 Å². The lowest BCUT2D eigenvalue weighted by atomic mass is 10.0. The largest absolute Gasteiger partial charge is 0.417 e. The summed E-state index contributed by atoms with van der Waals surface area (Å²) in [5.41, 5.74) is -0.771. The van der Waals surface area contributed by atoms with Crippen molar-refractivity contribution in [1.82, 2.24) is 5.01 Å². The molecule has 0 aromatic heterocycles. The van der Waals surface area contributed by atoms with E-state index in [1.54, 1.807) is 38.4 Å². The molecule has 98 valence electrons. The Morgan fingerprint density at radius 2 is 1.72 bits per heavy atom. The molecule has 18 heavy (non-hydrogen) atoms. The number of allylic oxidation sites excluding steroid dienone is 1. The van der Waals surface area contributed by atoms with E-state index in [1.807, 2.05) is 0 Å². The lowest BCUT2D eigenvalue weighted by Crippen LogP contribution is -2.22. The minimum absolute atomic E-state index is 0.181. The van der Waals surface area contributed by atoms with Crippen molar-refractivity contribution in [3.63, 3.8) is 0 Å². The third-order valence-electron chi connectivity index (χ3n) is 2.05. The molecule has 0 bridgehead atoms. The zero-order valence-electron chi connectivity index (χ0n) is 9.92. The molecule has 1 aromatic rings. The van der Waals surface area contributed by atoms with Crippen LogP contribution < -0.4 is 0 Å². The summed E-state index contributed by atoms with van der Waals surface area (Å²) in [6.45, 7) is 3.08. The maximum absolute atomic E-state index is 12.7. The molecule has 0 aliphatic carbocycles. The van der Waals surface area contributed by atoms with Gasteiger partial charge in [-0.05, 0) is 12.1 Å². The first-order valence-electron chi connectivity index (χ1n) is 5.00. The fourth-order valence-electron chi connectivity index (χ4n) is 1.23. The van der Waals surface area contributed by atoms with Crippen molar-refractivity contribution in [2.24, 2.45) is 5.10 Å². The van der Waals surface area contributed by atoms with Crippen LogP contribution in [0.15, 0.2) is 46.0 Å². The van der Waals surface area contributed by atoms with Crippen molar-refractivity contribution >= 4 is 21.6 Å². The first-order valence-corrected chi connectivity index (χ1v) is 5.79. The van der Waals surface area contributed by atoms with Gasteiger partial charge in [0.1, 0.15) is 5.71 Å². The molecule has 0 aliphatic heterocycles. The van der Waals surface area contributed by atoms with Crippen molar-refractivity contribution in [3.05, 3.63) is 46.5 Å². The molecule has 0 atom stereocenters. The van der Waals surface area contributed by atoms with Gasteiger partial charge < -0.3 is 5.01 Å². The summed E-state index contributed by atoms with van der Waals surface area (Å²) in [4.78, 5) is 0. The number of benzene rings is 1. The quantitative estimate of drug-likeness (QED) is 0.610. The Balaban J connectivity index is 3.23. The molecule has 1 rings (SSSR count). The van der Waals surface area contributed by atoms with Crippen molar-refractivity contribution in [3.8, 4) is 0 Å². The van der Waals surface area contributed by atoms with E-state index in [4.69, 9.17) is 0 Å². The second kappa shape index (κ2) is 5.56. The van der Waals surface area contributed by atoms with Crippen molar-refractivity contribution in [2.45, 2.75) is 6.18 Å². The molecule has 0 heterocycles. The summed E-state index contributed by atoms with van der Waals surface area (Å²) in [5, 5.41) is 5.17. The zero-order valence-corrected chi connectivity index (χ0v) is 11.5. The van der Waals surface area contributed by atoms with Crippen LogP contribution in [-0.4, -0.2) is 31.0 Å². The van der Waals surface area contributed by atoms with Crippen molar-refractivity contribution < 1.29 is 13.2 Å². The number of alkyl halides is 3. The van der Waals surface area contributed by atoms with Crippen LogP contribution in [0.3, 0.4) is 0 Å². The van der Waals surface area contributed by atoms with E-state index < -0.39 is 11.7 Å². The molecular weight excluding hydrogens is 309 g/mol. The van der Waals surface area contributed by atoms with Crippen LogP contribution in [0.4, 0.5) is 13.2 Å². The van der Waals surface area contributed by atoms with E-state index in [2.05, 4.69) is 27.6 Å². The summed E-state index contributed by atoms with van der Waals surface area (Å²) in [6, 6.07) is 6.43. The van der Waals surface area contributed by atoms with Crippen LogP contribution in [0.1, 0.15) is 5.56 Å². The third kappa shape index (κ3) is 3.87. The number of rotatable bonds is 3. The molecule has 0 radical (unpaired) electrons. The van der Waals surface area contributed by atoms with Gasteiger partial charge in [0.25, 0.3) is 0 Å². The Morgan fingerprint density at radius 1 is 1.22 bits per heavy atom. The molecule has 0 saturated heterocycles. The summed E-state index contributed by atoms with van der Waals surface area (Å²) >= 11 is 3.23. The van der Waals surface area contributed by atoms with Crippen LogP contribution in [0, 0.1) is 0 Å². The van der Waals surface area contributed by atoms with Gasteiger partial charge in [0, 0.05) is 24.1 Å². The van der Waals surface area contributed by atoms with E-state index in [-0.39, 0.29) is 5.71 Å².